The van der Waals surface area contributed by atoms with Gasteiger partial charge in [-0.2, -0.15) is 0 Å². The van der Waals surface area contributed by atoms with Gasteiger partial charge in [0.1, 0.15) is 17.3 Å². The third-order valence-corrected chi connectivity index (χ3v) is 4.74. The predicted octanol–water partition coefficient (Wildman–Crippen LogP) is 3.94. The van der Waals surface area contributed by atoms with Gasteiger partial charge in [0.25, 0.3) is 5.91 Å². The second kappa shape index (κ2) is 6.86. The van der Waals surface area contributed by atoms with Crippen LogP contribution < -0.4 is 5.32 Å². The maximum atomic E-state index is 13.0. The number of hydrogen-bond donors (Lipinski definition) is 3. The van der Waals surface area contributed by atoms with Crippen LogP contribution in [0.4, 0.5) is 4.39 Å². The fraction of sp³-hybridized carbons (Fsp3) is 0.350. The van der Waals surface area contributed by atoms with Crippen molar-refractivity contribution >= 4 is 17.2 Å². The molecular weight excluding hydrogens is 331 g/mol. The Morgan fingerprint density at radius 1 is 1.35 bits per heavy atom. The monoisotopic (exact) mass is 354 g/mol. The fourth-order valence-electron chi connectivity index (χ4n) is 2.90. The van der Waals surface area contributed by atoms with Crippen LogP contribution in [0.15, 0.2) is 36.5 Å². The summed E-state index contributed by atoms with van der Waals surface area (Å²) in [5, 5.41) is 11.2. The molecule has 6 heteroatoms. The van der Waals surface area contributed by atoms with Gasteiger partial charge in [0.2, 0.25) is 0 Å². The molecule has 3 rings (SSSR count). The summed E-state index contributed by atoms with van der Waals surface area (Å²) in [5.41, 5.74) is 1.76. The molecule has 1 saturated carbocycles. The first-order valence-electron chi connectivity index (χ1n) is 8.67. The van der Waals surface area contributed by atoms with Crippen molar-refractivity contribution < 1.29 is 9.18 Å². The molecule has 1 aliphatic carbocycles. The Morgan fingerprint density at radius 3 is 2.62 bits per heavy atom. The van der Waals surface area contributed by atoms with Crippen LogP contribution in [0.25, 0.3) is 5.57 Å². The smallest absolute Gasteiger partial charge is 0.269 e. The molecule has 3 N–H and O–H groups in total. The molecule has 1 aromatic carbocycles. The van der Waals surface area contributed by atoms with Crippen LogP contribution in [0.5, 0.6) is 0 Å². The maximum Gasteiger partial charge on any atom is 0.269 e. The number of aromatic amines is 1. The fourth-order valence-corrected chi connectivity index (χ4v) is 2.90. The SMILES string of the molecule is C/C(=C/C(=N)c1ccc(F)cc1)c1ncc(C(=O)NC(C)(C)C2CC2)[nH]1. The second-order valence-corrected chi connectivity index (χ2v) is 7.34. The molecule has 1 aliphatic rings. The minimum atomic E-state index is -0.335. The van der Waals surface area contributed by atoms with E-state index in [0.29, 0.717) is 23.0 Å². The third kappa shape index (κ3) is 4.07. The van der Waals surface area contributed by atoms with Gasteiger partial charge < -0.3 is 15.7 Å². The van der Waals surface area contributed by atoms with Crippen LogP contribution in [-0.4, -0.2) is 27.1 Å². The molecule has 0 atom stereocenters. The van der Waals surface area contributed by atoms with E-state index in [1.54, 1.807) is 18.2 Å². The van der Waals surface area contributed by atoms with Crippen molar-refractivity contribution in [1.82, 2.24) is 15.3 Å². The Labute approximate surface area is 152 Å². The summed E-state index contributed by atoms with van der Waals surface area (Å²) in [5.74, 6) is 0.554. The lowest BCUT2D eigenvalue weighted by Gasteiger charge is -2.25. The molecule has 2 aromatic rings. The highest BCUT2D eigenvalue weighted by atomic mass is 19.1. The summed E-state index contributed by atoms with van der Waals surface area (Å²) in [6.45, 7) is 5.89. The number of rotatable bonds is 6. The number of carbonyl (C=O) groups excluding carboxylic acids is 1. The first kappa shape index (κ1) is 18.0. The van der Waals surface area contributed by atoms with Gasteiger partial charge in [0, 0.05) is 5.54 Å². The largest absolute Gasteiger partial charge is 0.346 e. The van der Waals surface area contributed by atoms with Gasteiger partial charge in [-0.25, -0.2) is 9.37 Å². The van der Waals surface area contributed by atoms with Gasteiger partial charge in [0.05, 0.1) is 11.9 Å². The van der Waals surface area contributed by atoms with Crippen molar-refractivity contribution in [3.8, 4) is 0 Å². The number of hydrogen-bond acceptors (Lipinski definition) is 3. The molecule has 0 radical (unpaired) electrons. The Hall–Kier alpha value is -2.76. The summed E-state index contributed by atoms with van der Waals surface area (Å²) < 4.78 is 13.0. The summed E-state index contributed by atoms with van der Waals surface area (Å²) >= 11 is 0. The number of imidazole rings is 1. The summed E-state index contributed by atoms with van der Waals surface area (Å²) in [4.78, 5) is 19.7. The van der Waals surface area contributed by atoms with Gasteiger partial charge in [-0.15, -0.1) is 0 Å². The van der Waals surface area contributed by atoms with Crippen molar-refractivity contribution in [3.63, 3.8) is 0 Å². The van der Waals surface area contributed by atoms with Crippen molar-refractivity contribution in [2.45, 2.75) is 39.2 Å². The van der Waals surface area contributed by atoms with E-state index >= 15 is 0 Å². The molecule has 5 nitrogen and oxygen atoms in total. The minimum absolute atomic E-state index is 0.179. The van der Waals surface area contributed by atoms with Gasteiger partial charge in [0.15, 0.2) is 0 Å². The normalized spacial score (nSPS) is 15.0. The lowest BCUT2D eigenvalue weighted by atomic mass is 9.98. The van der Waals surface area contributed by atoms with Crippen LogP contribution in [0.2, 0.25) is 0 Å². The summed E-state index contributed by atoms with van der Waals surface area (Å²) in [6, 6.07) is 5.76. The number of halogens is 1. The van der Waals surface area contributed by atoms with Gasteiger partial charge >= 0.3 is 0 Å². The van der Waals surface area contributed by atoms with Crippen molar-refractivity contribution in [1.29, 1.82) is 5.41 Å². The number of aromatic nitrogens is 2. The highest BCUT2D eigenvalue weighted by Crippen LogP contribution is 2.39. The molecule has 0 unspecified atom stereocenters. The summed E-state index contributed by atoms with van der Waals surface area (Å²) in [7, 11) is 0. The summed E-state index contributed by atoms with van der Waals surface area (Å²) in [6.07, 6.45) is 5.44. The molecule has 1 amide bonds. The molecule has 26 heavy (non-hydrogen) atoms. The van der Waals surface area contributed by atoms with E-state index in [2.05, 4.69) is 15.3 Å². The number of amides is 1. The molecule has 1 aromatic heterocycles. The second-order valence-electron chi connectivity index (χ2n) is 7.34. The Morgan fingerprint density at radius 2 is 2.00 bits per heavy atom. The maximum absolute atomic E-state index is 13.0. The topological polar surface area (TPSA) is 81.6 Å². The lowest BCUT2D eigenvalue weighted by Crippen LogP contribution is -2.45. The van der Waals surface area contributed by atoms with Crippen molar-refractivity contribution in [2.24, 2.45) is 5.92 Å². The number of nitrogens with zero attached hydrogens (tertiary/aromatic N) is 1. The molecule has 0 spiro atoms. The quantitative estimate of drug-likeness (QED) is 0.687. The average molecular weight is 354 g/mol. The van der Waals surface area contributed by atoms with E-state index in [1.807, 2.05) is 20.8 Å². The Kier molecular flexibility index (Phi) is 4.76. The molecular formula is C20H23FN4O. The van der Waals surface area contributed by atoms with E-state index in [-0.39, 0.29) is 23.0 Å². The van der Waals surface area contributed by atoms with Gasteiger partial charge in [-0.1, -0.05) is 0 Å². The van der Waals surface area contributed by atoms with Crippen LogP contribution in [0.3, 0.4) is 0 Å². The highest BCUT2D eigenvalue weighted by molar-refractivity contribution is 6.09. The molecule has 0 saturated heterocycles. The molecule has 136 valence electrons. The molecule has 0 aliphatic heterocycles. The van der Waals surface area contributed by atoms with E-state index in [1.165, 1.54) is 18.3 Å². The molecule has 1 heterocycles. The number of H-pyrrole nitrogens is 1. The highest BCUT2D eigenvalue weighted by Gasteiger charge is 2.39. The van der Waals surface area contributed by atoms with Crippen LogP contribution in [0.1, 0.15) is 55.5 Å². The number of carbonyl (C=O) groups is 1. The first-order valence-corrected chi connectivity index (χ1v) is 8.67. The number of allylic oxidation sites excluding steroid dienone is 2. The zero-order valence-corrected chi connectivity index (χ0v) is 15.2. The average Bonchev–Trinajstić information content (AvgIpc) is 3.33. The van der Waals surface area contributed by atoms with E-state index in [4.69, 9.17) is 5.41 Å². The van der Waals surface area contributed by atoms with Gasteiger partial charge in [-0.3, -0.25) is 4.79 Å². The number of benzene rings is 1. The zero-order chi connectivity index (χ0) is 18.9. The Balaban J connectivity index is 1.70. The van der Waals surface area contributed by atoms with Crippen molar-refractivity contribution in [3.05, 3.63) is 59.4 Å². The predicted molar refractivity (Wildman–Crippen MR) is 99.7 cm³/mol. The van der Waals surface area contributed by atoms with Crippen LogP contribution in [0, 0.1) is 17.1 Å². The molecule has 0 bridgehead atoms. The molecule has 1 fully saturated rings. The van der Waals surface area contributed by atoms with Crippen molar-refractivity contribution in [2.75, 3.05) is 0 Å². The van der Waals surface area contributed by atoms with E-state index < -0.39 is 0 Å². The van der Waals surface area contributed by atoms with Crippen LogP contribution >= 0.6 is 0 Å². The van der Waals surface area contributed by atoms with Gasteiger partial charge in [-0.05, 0) is 81.0 Å². The first-order chi connectivity index (χ1) is 12.3. The zero-order valence-electron chi connectivity index (χ0n) is 15.2. The lowest BCUT2D eigenvalue weighted by molar-refractivity contribution is 0.0898. The number of nitrogens with one attached hydrogen (secondary N) is 3. The Bertz CT molecular complexity index is 860. The third-order valence-electron chi connectivity index (χ3n) is 4.74. The minimum Gasteiger partial charge on any atom is -0.346 e. The van der Waals surface area contributed by atoms with E-state index in [9.17, 15) is 9.18 Å². The van der Waals surface area contributed by atoms with E-state index in [0.717, 1.165) is 18.4 Å². The standard InChI is InChI=1S/C20H23FN4O/c1-12(10-16(22)13-4-8-15(21)9-5-13)18-23-11-17(24-18)19(26)25-20(2,3)14-6-7-14/h4-5,8-11,14,22H,6-7H2,1-3H3,(H,23,24)(H,25,26)/b12-10-,22-16?. The van der Waals surface area contributed by atoms with Crippen LogP contribution in [-0.2, 0) is 0 Å².